The van der Waals surface area contributed by atoms with Crippen molar-refractivity contribution in [1.29, 1.82) is 0 Å². The second-order valence-electron chi connectivity index (χ2n) is 7.52. The van der Waals surface area contributed by atoms with E-state index in [4.69, 9.17) is 0 Å². The third-order valence-corrected chi connectivity index (χ3v) is 5.60. The largest absolute Gasteiger partial charge is 1.00 e. The molecule has 32 heavy (non-hydrogen) atoms. The number of hydrogen-bond donors (Lipinski definition) is 0. The average molecular weight is 521 g/mol. The van der Waals surface area contributed by atoms with Crippen molar-refractivity contribution in [2.75, 3.05) is 13.2 Å². The van der Waals surface area contributed by atoms with Crippen LogP contribution in [0.2, 0.25) is 0 Å². The number of unbranched alkanes of at least 4 members (excludes halogenated alkanes) is 10. The van der Waals surface area contributed by atoms with Gasteiger partial charge in [-0.05, 0) is 18.8 Å². The maximum absolute atomic E-state index is 10.1. The molecule has 0 N–H and O–H groups in total. The van der Waals surface area contributed by atoms with E-state index in [1.807, 2.05) is 6.92 Å². The third kappa shape index (κ3) is 39.0. The van der Waals surface area contributed by atoms with Gasteiger partial charge in [-0.3, -0.25) is 8.37 Å². The van der Waals surface area contributed by atoms with Crippen LogP contribution in [0.5, 0.6) is 0 Å². The fraction of sp³-hybridized carbons (Fsp3) is 1.00. The Morgan fingerprint density at radius 2 is 1.03 bits per heavy atom. The predicted molar refractivity (Wildman–Crippen MR) is 116 cm³/mol. The Kier molecular flexibility index (Phi) is 34.9. The van der Waals surface area contributed by atoms with E-state index < -0.39 is 20.8 Å². The summed E-state index contributed by atoms with van der Waals surface area (Å²) in [5.74, 6) is 0.184. The molecule has 0 saturated heterocycles. The zero-order chi connectivity index (χ0) is 23.3. The molecule has 0 rings (SSSR count). The molecular weight excluding hydrogens is 478 g/mol. The van der Waals surface area contributed by atoms with Crippen molar-refractivity contribution in [3.05, 3.63) is 0 Å². The molecule has 1 atom stereocenters. The van der Waals surface area contributed by atoms with Gasteiger partial charge in [-0.25, -0.2) is 16.8 Å². The molecule has 0 aromatic carbocycles. The van der Waals surface area contributed by atoms with Crippen molar-refractivity contribution in [1.82, 2.24) is 0 Å². The molecule has 0 heterocycles. The smallest absolute Gasteiger partial charge is 0.726 e. The van der Waals surface area contributed by atoms with Crippen LogP contribution in [0.15, 0.2) is 0 Å². The van der Waals surface area contributed by atoms with Gasteiger partial charge in [0.15, 0.2) is 0 Å². The van der Waals surface area contributed by atoms with E-state index in [-0.39, 0.29) is 78.2 Å². The van der Waals surface area contributed by atoms with Gasteiger partial charge in [-0.2, -0.15) is 0 Å². The molecule has 0 aromatic rings. The normalized spacial score (nSPS) is 12.2. The minimum Gasteiger partial charge on any atom is -0.726 e. The maximum atomic E-state index is 10.1. The van der Waals surface area contributed by atoms with Gasteiger partial charge >= 0.3 is 59.1 Å². The first-order valence-corrected chi connectivity index (χ1v) is 13.9. The Hall–Kier alpha value is 1.74. The van der Waals surface area contributed by atoms with Crippen LogP contribution in [-0.2, 0) is 29.2 Å². The Morgan fingerprint density at radius 3 is 1.41 bits per heavy atom. The Balaban J connectivity index is -0.000000238. The zero-order valence-corrected chi connectivity index (χ0v) is 26.6. The van der Waals surface area contributed by atoms with E-state index in [1.54, 1.807) is 0 Å². The first kappa shape index (κ1) is 40.9. The van der Waals surface area contributed by atoms with Crippen LogP contribution < -0.4 is 59.1 Å². The van der Waals surface area contributed by atoms with E-state index in [0.29, 0.717) is 6.42 Å². The minimum atomic E-state index is -4.50. The molecule has 12 heteroatoms. The van der Waals surface area contributed by atoms with Crippen molar-refractivity contribution in [2.24, 2.45) is 5.92 Å². The van der Waals surface area contributed by atoms with Gasteiger partial charge < -0.3 is 9.11 Å². The molecule has 0 aliphatic heterocycles. The van der Waals surface area contributed by atoms with Crippen LogP contribution >= 0.6 is 0 Å². The van der Waals surface area contributed by atoms with Gasteiger partial charge in [-0.1, -0.05) is 97.8 Å². The van der Waals surface area contributed by atoms with Crippen LogP contribution in [0.25, 0.3) is 0 Å². The summed E-state index contributed by atoms with van der Waals surface area (Å²) in [6.07, 6.45) is 15.6. The molecule has 0 radical (unpaired) electrons. The van der Waals surface area contributed by atoms with E-state index in [9.17, 15) is 25.9 Å². The van der Waals surface area contributed by atoms with Gasteiger partial charge in [0.1, 0.15) is 0 Å². The molecule has 0 amide bonds. The Morgan fingerprint density at radius 1 is 0.625 bits per heavy atom. The quantitative estimate of drug-likeness (QED) is 0.0924. The van der Waals surface area contributed by atoms with Gasteiger partial charge in [0, 0.05) is 0 Å². The molecule has 0 saturated carbocycles. The van der Waals surface area contributed by atoms with Gasteiger partial charge in [0.05, 0.1) is 13.2 Å². The molecule has 184 valence electrons. The molecule has 0 bridgehead atoms. The monoisotopic (exact) mass is 520 g/mol. The molecular formula is C20H42Na2O8S2. The maximum Gasteiger partial charge on any atom is 1.00 e. The summed E-state index contributed by atoms with van der Waals surface area (Å²) in [6, 6.07) is 0. The van der Waals surface area contributed by atoms with Crippen LogP contribution in [0.1, 0.15) is 111 Å². The summed E-state index contributed by atoms with van der Waals surface area (Å²) in [4.78, 5) is 0. The molecule has 0 spiro atoms. The van der Waals surface area contributed by atoms with Crippen molar-refractivity contribution < 1.29 is 93.4 Å². The minimum absolute atomic E-state index is 0. The summed E-state index contributed by atoms with van der Waals surface area (Å²) in [6.45, 7) is 6.30. The summed E-state index contributed by atoms with van der Waals surface area (Å²) < 4.78 is 69.1. The SMILES string of the molecule is CCCCC(CC)COS(=O)(=O)[O-].CCCCCCCCCCCCOS(=O)(=O)[O-].[Na+].[Na+]. The van der Waals surface area contributed by atoms with Crippen molar-refractivity contribution >= 4 is 20.8 Å². The van der Waals surface area contributed by atoms with E-state index in [0.717, 1.165) is 38.5 Å². The first-order valence-electron chi connectivity index (χ1n) is 11.3. The summed E-state index contributed by atoms with van der Waals surface area (Å²) in [5, 5.41) is 0. The third-order valence-electron chi connectivity index (χ3n) is 4.72. The molecule has 0 aliphatic rings. The Labute approximate surface area is 241 Å². The van der Waals surface area contributed by atoms with Crippen LogP contribution in [0.4, 0.5) is 0 Å². The first-order chi connectivity index (χ1) is 14.1. The van der Waals surface area contributed by atoms with Crippen LogP contribution in [-0.4, -0.2) is 39.2 Å². The Bertz CT molecular complexity index is 572. The molecule has 0 fully saturated rings. The van der Waals surface area contributed by atoms with Gasteiger partial charge in [-0.15, -0.1) is 0 Å². The van der Waals surface area contributed by atoms with Crippen molar-refractivity contribution in [3.8, 4) is 0 Å². The number of rotatable bonds is 19. The van der Waals surface area contributed by atoms with Crippen LogP contribution in [0, 0.1) is 5.92 Å². The van der Waals surface area contributed by atoms with E-state index in [2.05, 4.69) is 22.2 Å². The van der Waals surface area contributed by atoms with Crippen molar-refractivity contribution in [3.63, 3.8) is 0 Å². The topological polar surface area (TPSA) is 133 Å². The summed E-state index contributed by atoms with van der Waals surface area (Å²) in [7, 11) is -8.99. The summed E-state index contributed by atoms with van der Waals surface area (Å²) >= 11 is 0. The van der Waals surface area contributed by atoms with Crippen molar-refractivity contribution in [2.45, 2.75) is 111 Å². The second kappa shape index (κ2) is 27.3. The van der Waals surface area contributed by atoms with E-state index in [1.165, 1.54) is 44.9 Å². The second-order valence-corrected chi connectivity index (χ2v) is 9.63. The number of hydrogen-bond acceptors (Lipinski definition) is 8. The standard InChI is InChI=1S/C12H26O4S.C8H18O4S.2Na/c1-2-3-4-5-6-7-8-9-10-11-12-16-17(13,14)15;1-3-5-6-8(4-2)7-12-13(9,10)11;;/h2-12H2,1H3,(H,13,14,15);8H,3-7H2,1-2H3,(H,9,10,11);;/q;;2*+1/p-2. The predicted octanol–water partition coefficient (Wildman–Crippen LogP) is -0.928. The van der Waals surface area contributed by atoms with Gasteiger partial charge in [0.2, 0.25) is 20.8 Å². The van der Waals surface area contributed by atoms with Crippen LogP contribution in [0.3, 0.4) is 0 Å². The molecule has 0 aliphatic carbocycles. The molecule has 8 nitrogen and oxygen atoms in total. The fourth-order valence-corrected chi connectivity index (χ4v) is 3.51. The molecule has 1 unspecified atom stereocenters. The fourth-order valence-electron chi connectivity index (χ4n) is 2.83. The summed E-state index contributed by atoms with van der Waals surface area (Å²) in [5.41, 5.74) is 0. The van der Waals surface area contributed by atoms with E-state index >= 15 is 0 Å². The van der Waals surface area contributed by atoms with Gasteiger partial charge in [0.25, 0.3) is 0 Å². The molecule has 0 aromatic heterocycles. The zero-order valence-electron chi connectivity index (χ0n) is 21.0. The average Bonchev–Trinajstić information content (AvgIpc) is 2.65.